The Kier molecular flexibility index (Phi) is 5.65. The summed E-state index contributed by atoms with van der Waals surface area (Å²) in [5, 5.41) is 0.515. The van der Waals surface area contributed by atoms with E-state index in [-0.39, 0.29) is 17.1 Å². The predicted octanol–water partition coefficient (Wildman–Crippen LogP) is 4.17. The summed E-state index contributed by atoms with van der Waals surface area (Å²) in [6, 6.07) is 10.6. The molecule has 6 nitrogen and oxygen atoms in total. The monoisotopic (exact) mass is 419 g/mol. The third-order valence-corrected chi connectivity index (χ3v) is 5.51. The van der Waals surface area contributed by atoms with E-state index < -0.39 is 6.04 Å². The lowest BCUT2D eigenvalue weighted by Gasteiger charge is -2.25. The molecule has 2 aromatic carbocycles. The van der Waals surface area contributed by atoms with E-state index in [0.717, 1.165) is 16.7 Å². The van der Waals surface area contributed by atoms with Crippen molar-refractivity contribution in [3.8, 4) is 5.75 Å². The van der Waals surface area contributed by atoms with Gasteiger partial charge < -0.3 is 18.8 Å². The zero-order chi connectivity index (χ0) is 22.1. The maximum absolute atomic E-state index is 13.6. The summed E-state index contributed by atoms with van der Waals surface area (Å²) >= 11 is 0. The molecule has 1 unspecified atom stereocenters. The van der Waals surface area contributed by atoms with Gasteiger partial charge in [0, 0.05) is 13.7 Å². The first kappa shape index (κ1) is 20.9. The summed E-state index contributed by atoms with van der Waals surface area (Å²) in [6.07, 6.45) is 1.67. The van der Waals surface area contributed by atoms with Crippen LogP contribution in [0.2, 0.25) is 0 Å². The number of aryl methyl sites for hydroxylation is 2. The van der Waals surface area contributed by atoms with Crippen molar-refractivity contribution in [1.82, 2.24) is 4.90 Å². The molecule has 3 aromatic rings. The van der Waals surface area contributed by atoms with Crippen LogP contribution in [0.5, 0.6) is 5.75 Å². The minimum Gasteiger partial charge on any atom is -0.490 e. The zero-order valence-corrected chi connectivity index (χ0v) is 17.9. The number of nitrogens with zero attached hydrogens (tertiary/aromatic N) is 1. The molecule has 0 aliphatic carbocycles. The van der Waals surface area contributed by atoms with Crippen molar-refractivity contribution in [2.75, 3.05) is 26.9 Å². The number of hydrogen-bond donors (Lipinski definition) is 0. The van der Waals surface area contributed by atoms with E-state index in [1.807, 2.05) is 44.2 Å². The van der Waals surface area contributed by atoms with E-state index in [9.17, 15) is 9.59 Å². The van der Waals surface area contributed by atoms with Crippen LogP contribution >= 0.6 is 0 Å². The molecule has 1 amide bonds. The number of carbonyl (C=O) groups excluding carboxylic acids is 1. The number of carbonyl (C=O) groups is 1. The molecule has 1 aliphatic heterocycles. The van der Waals surface area contributed by atoms with Crippen LogP contribution < -0.4 is 10.2 Å². The lowest BCUT2D eigenvalue weighted by atomic mass is 9.97. The molecule has 0 saturated heterocycles. The number of amides is 1. The Bertz CT molecular complexity index is 1210. The molecular formula is C25H25NO5. The van der Waals surface area contributed by atoms with Crippen LogP contribution in [0.15, 0.2) is 58.3 Å². The molecule has 0 spiro atoms. The maximum atomic E-state index is 13.6. The number of ether oxygens (including phenoxy) is 2. The minimum absolute atomic E-state index is 0.107. The lowest BCUT2D eigenvalue weighted by Crippen LogP contribution is -2.32. The van der Waals surface area contributed by atoms with Gasteiger partial charge in [-0.1, -0.05) is 30.9 Å². The molecule has 1 aliphatic rings. The fourth-order valence-corrected chi connectivity index (χ4v) is 4.18. The van der Waals surface area contributed by atoms with Crippen molar-refractivity contribution >= 4 is 16.9 Å². The number of fused-ring (bicyclic) bond motifs is 2. The Morgan fingerprint density at radius 1 is 1.16 bits per heavy atom. The summed E-state index contributed by atoms with van der Waals surface area (Å²) < 4.78 is 16.8. The van der Waals surface area contributed by atoms with Gasteiger partial charge in [0.25, 0.3) is 5.91 Å². The Balaban J connectivity index is 1.89. The highest BCUT2D eigenvalue weighted by Crippen LogP contribution is 2.38. The number of methoxy groups -OCH3 is 1. The maximum Gasteiger partial charge on any atom is 0.290 e. The van der Waals surface area contributed by atoms with Crippen molar-refractivity contribution in [2.24, 2.45) is 0 Å². The quantitative estimate of drug-likeness (QED) is 0.538. The van der Waals surface area contributed by atoms with Crippen molar-refractivity contribution in [1.29, 1.82) is 0 Å². The van der Waals surface area contributed by atoms with Crippen LogP contribution in [0.3, 0.4) is 0 Å². The molecular weight excluding hydrogens is 394 g/mol. The largest absolute Gasteiger partial charge is 0.490 e. The fraction of sp³-hybridized carbons (Fsp3) is 0.280. The second-order valence-corrected chi connectivity index (χ2v) is 7.69. The summed E-state index contributed by atoms with van der Waals surface area (Å²) in [4.78, 5) is 28.5. The van der Waals surface area contributed by atoms with Gasteiger partial charge in [0.05, 0.1) is 23.6 Å². The van der Waals surface area contributed by atoms with Gasteiger partial charge in [-0.05, 0) is 48.7 Å². The van der Waals surface area contributed by atoms with Gasteiger partial charge in [0.1, 0.15) is 17.9 Å². The van der Waals surface area contributed by atoms with E-state index in [4.69, 9.17) is 13.9 Å². The SMILES string of the molecule is C=CCOc1ccc(C2c3c(oc4cc(C)cc(C)c4c3=O)C(=O)N2CCOC)cc1. The van der Waals surface area contributed by atoms with Gasteiger partial charge >= 0.3 is 0 Å². The van der Waals surface area contributed by atoms with Gasteiger partial charge in [-0.2, -0.15) is 0 Å². The third-order valence-electron chi connectivity index (χ3n) is 5.51. The molecule has 0 bridgehead atoms. The van der Waals surface area contributed by atoms with Crippen LogP contribution in [-0.2, 0) is 4.74 Å². The standard InChI is InChI=1S/C25H25NO5/c1-5-11-30-18-8-6-17(7-9-18)22-21-23(27)20-16(3)13-15(2)14-19(20)31-24(21)25(28)26(22)10-12-29-4/h5-9,13-14,22H,1,10-12H2,2-4H3. The van der Waals surface area contributed by atoms with E-state index in [0.29, 0.717) is 42.0 Å². The average Bonchev–Trinajstić information content (AvgIpc) is 3.02. The van der Waals surface area contributed by atoms with Crippen molar-refractivity contribution < 1.29 is 18.7 Å². The first-order valence-electron chi connectivity index (χ1n) is 10.2. The van der Waals surface area contributed by atoms with Gasteiger partial charge in [-0.15, -0.1) is 0 Å². The van der Waals surface area contributed by atoms with E-state index in [2.05, 4.69) is 6.58 Å². The Morgan fingerprint density at radius 3 is 2.58 bits per heavy atom. The fourth-order valence-electron chi connectivity index (χ4n) is 4.18. The van der Waals surface area contributed by atoms with Crippen LogP contribution in [0.25, 0.3) is 11.0 Å². The number of benzene rings is 2. The Labute approximate surface area is 180 Å². The highest BCUT2D eigenvalue weighted by molar-refractivity contribution is 5.99. The Hall–Kier alpha value is -3.38. The van der Waals surface area contributed by atoms with E-state index >= 15 is 0 Å². The summed E-state index contributed by atoms with van der Waals surface area (Å²) in [6.45, 7) is 8.56. The van der Waals surface area contributed by atoms with E-state index in [1.54, 1.807) is 24.2 Å². The first-order chi connectivity index (χ1) is 15.0. The second kappa shape index (κ2) is 8.40. The van der Waals surface area contributed by atoms with Crippen LogP contribution in [0.4, 0.5) is 0 Å². The Morgan fingerprint density at radius 2 is 1.90 bits per heavy atom. The normalized spacial score (nSPS) is 15.4. The summed E-state index contributed by atoms with van der Waals surface area (Å²) in [5.74, 6) is 0.492. The van der Waals surface area contributed by atoms with Crippen LogP contribution in [-0.4, -0.2) is 37.7 Å². The van der Waals surface area contributed by atoms with Gasteiger partial charge in [-0.25, -0.2) is 0 Å². The molecule has 31 heavy (non-hydrogen) atoms. The van der Waals surface area contributed by atoms with Crippen molar-refractivity contribution in [3.63, 3.8) is 0 Å². The zero-order valence-electron chi connectivity index (χ0n) is 17.9. The molecule has 0 N–H and O–H groups in total. The molecule has 4 rings (SSSR count). The molecule has 1 atom stereocenters. The number of hydrogen-bond acceptors (Lipinski definition) is 5. The third kappa shape index (κ3) is 3.64. The molecule has 6 heteroatoms. The van der Waals surface area contributed by atoms with Crippen LogP contribution in [0.1, 0.15) is 38.9 Å². The first-order valence-corrected chi connectivity index (χ1v) is 10.2. The van der Waals surface area contributed by atoms with Gasteiger partial charge in [0.15, 0.2) is 5.43 Å². The van der Waals surface area contributed by atoms with Crippen molar-refractivity contribution in [2.45, 2.75) is 19.9 Å². The molecule has 0 radical (unpaired) electrons. The molecule has 0 fully saturated rings. The molecule has 160 valence electrons. The average molecular weight is 419 g/mol. The van der Waals surface area contributed by atoms with E-state index in [1.165, 1.54) is 0 Å². The minimum atomic E-state index is -0.549. The van der Waals surface area contributed by atoms with Gasteiger partial charge in [0.2, 0.25) is 5.76 Å². The molecule has 0 saturated carbocycles. The smallest absolute Gasteiger partial charge is 0.290 e. The summed E-state index contributed by atoms with van der Waals surface area (Å²) in [5.41, 5.74) is 3.27. The second-order valence-electron chi connectivity index (χ2n) is 7.69. The van der Waals surface area contributed by atoms with Gasteiger partial charge in [-0.3, -0.25) is 9.59 Å². The lowest BCUT2D eigenvalue weighted by molar-refractivity contribution is 0.0663. The number of rotatable bonds is 7. The molecule has 1 aromatic heterocycles. The van der Waals surface area contributed by atoms with Crippen LogP contribution in [0, 0.1) is 13.8 Å². The topological polar surface area (TPSA) is 69.0 Å². The molecule has 2 heterocycles. The van der Waals surface area contributed by atoms with Crippen molar-refractivity contribution in [3.05, 3.63) is 87.3 Å². The predicted molar refractivity (Wildman–Crippen MR) is 119 cm³/mol. The summed E-state index contributed by atoms with van der Waals surface area (Å²) in [7, 11) is 1.58. The highest BCUT2D eigenvalue weighted by atomic mass is 16.5. The highest BCUT2D eigenvalue weighted by Gasteiger charge is 2.42.